The van der Waals surface area contributed by atoms with Crippen LogP contribution < -0.4 is 5.32 Å². The molecule has 2 rings (SSSR count). The van der Waals surface area contributed by atoms with Crippen LogP contribution in [0.4, 0.5) is 0 Å². The Balaban J connectivity index is 2.59. The Morgan fingerprint density at radius 1 is 1.43 bits per heavy atom. The third kappa shape index (κ3) is 1.57. The second-order valence-corrected chi connectivity index (χ2v) is 4.32. The monoisotopic (exact) mass is 252 g/mol. The van der Waals surface area contributed by atoms with Crippen molar-refractivity contribution in [2.75, 3.05) is 7.05 Å². The molecule has 0 unspecified atom stereocenters. The van der Waals surface area contributed by atoms with Gasteiger partial charge < -0.3 is 9.88 Å². The highest BCUT2D eigenvalue weighted by Gasteiger charge is 2.04. The van der Waals surface area contributed by atoms with Crippen LogP contribution in [-0.4, -0.2) is 11.6 Å². The van der Waals surface area contributed by atoms with Gasteiger partial charge >= 0.3 is 0 Å². The molecule has 2 aromatic rings. The molecule has 14 heavy (non-hydrogen) atoms. The van der Waals surface area contributed by atoms with Crippen molar-refractivity contribution in [3.05, 3.63) is 34.4 Å². The summed E-state index contributed by atoms with van der Waals surface area (Å²) in [5, 5.41) is 4.42. The number of fused-ring (bicyclic) bond motifs is 1. The van der Waals surface area contributed by atoms with Crippen LogP contribution in [0.1, 0.15) is 5.56 Å². The van der Waals surface area contributed by atoms with Crippen LogP contribution in [0.3, 0.4) is 0 Å². The van der Waals surface area contributed by atoms with Crippen molar-refractivity contribution in [2.45, 2.75) is 6.54 Å². The van der Waals surface area contributed by atoms with E-state index in [-0.39, 0.29) is 0 Å². The van der Waals surface area contributed by atoms with Crippen LogP contribution in [0, 0.1) is 0 Å². The van der Waals surface area contributed by atoms with Crippen molar-refractivity contribution in [3.63, 3.8) is 0 Å². The predicted molar refractivity (Wildman–Crippen MR) is 63.4 cm³/mol. The third-order valence-corrected chi connectivity index (χ3v) is 3.02. The highest BCUT2D eigenvalue weighted by molar-refractivity contribution is 9.10. The second-order valence-electron chi connectivity index (χ2n) is 3.47. The fourth-order valence-electron chi connectivity index (χ4n) is 1.69. The molecule has 0 fully saturated rings. The van der Waals surface area contributed by atoms with Gasteiger partial charge in [0.2, 0.25) is 0 Å². The van der Waals surface area contributed by atoms with E-state index in [1.807, 2.05) is 7.05 Å². The first-order valence-corrected chi connectivity index (χ1v) is 5.39. The van der Waals surface area contributed by atoms with Crippen LogP contribution >= 0.6 is 15.9 Å². The van der Waals surface area contributed by atoms with Crippen molar-refractivity contribution in [1.29, 1.82) is 0 Å². The van der Waals surface area contributed by atoms with Gasteiger partial charge in [-0.1, -0.05) is 12.1 Å². The number of nitrogens with zero attached hydrogens (tertiary/aromatic N) is 1. The molecular weight excluding hydrogens is 240 g/mol. The molecule has 0 bridgehead atoms. The molecule has 0 aliphatic heterocycles. The summed E-state index contributed by atoms with van der Waals surface area (Å²) in [5.41, 5.74) is 2.58. The largest absolute Gasteiger partial charge is 0.349 e. The quantitative estimate of drug-likeness (QED) is 0.870. The van der Waals surface area contributed by atoms with Crippen molar-refractivity contribution >= 4 is 26.8 Å². The molecule has 3 heteroatoms. The van der Waals surface area contributed by atoms with E-state index in [9.17, 15) is 0 Å². The summed E-state index contributed by atoms with van der Waals surface area (Å²) in [7, 11) is 4.03. The smallest absolute Gasteiger partial charge is 0.0492 e. The predicted octanol–water partition coefficient (Wildman–Crippen LogP) is 2.66. The van der Waals surface area contributed by atoms with Crippen LogP contribution in [0.2, 0.25) is 0 Å². The Morgan fingerprint density at radius 2 is 2.21 bits per heavy atom. The normalized spacial score (nSPS) is 11.1. The topological polar surface area (TPSA) is 17.0 Å². The van der Waals surface area contributed by atoms with Crippen LogP contribution in [0.25, 0.3) is 10.9 Å². The summed E-state index contributed by atoms with van der Waals surface area (Å²) < 4.78 is 3.30. The zero-order valence-electron chi connectivity index (χ0n) is 8.34. The molecule has 1 N–H and O–H groups in total. The van der Waals surface area contributed by atoms with E-state index in [0.717, 1.165) is 11.0 Å². The summed E-state index contributed by atoms with van der Waals surface area (Å²) in [6, 6.07) is 6.53. The van der Waals surface area contributed by atoms with E-state index < -0.39 is 0 Å². The summed E-state index contributed by atoms with van der Waals surface area (Å²) in [5.74, 6) is 0. The van der Waals surface area contributed by atoms with E-state index in [4.69, 9.17) is 0 Å². The maximum Gasteiger partial charge on any atom is 0.0492 e. The molecule has 2 nitrogen and oxygen atoms in total. The van der Waals surface area contributed by atoms with Crippen molar-refractivity contribution in [3.8, 4) is 0 Å². The van der Waals surface area contributed by atoms with Crippen molar-refractivity contribution in [1.82, 2.24) is 9.88 Å². The van der Waals surface area contributed by atoms with Crippen LogP contribution in [-0.2, 0) is 13.6 Å². The molecular formula is C11H13BrN2. The number of hydrogen-bond acceptors (Lipinski definition) is 1. The third-order valence-electron chi connectivity index (χ3n) is 2.39. The second kappa shape index (κ2) is 3.75. The van der Waals surface area contributed by atoms with Crippen LogP contribution in [0.5, 0.6) is 0 Å². The fourth-order valence-corrected chi connectivity index (χ4v) is 2.34. The Bertz CT molecular complexity index is 460. The zero-order chi connectivity index (χ0) is 10.1. The summed E-state index contributed by atoms with van der Waals surface area (Å²) in [6.45, 7) is 0.915. The lowest BCUT2D eigenvalue weighted by molar-refractivity contribution is 0.818. The molecule has 1 aromatic carbocycles. The zero-order valence-corrected chi connectivity index (χ0v) is 9.93. The maximum atomic E-state index is 3.54. The SMILES string of the molecule is CNCc1ccc2c(Br)cn(C)c2c1. The van der Waals surface area contributed by atoms with E-state index in [1.165, 1.54) is 16.5 Å². The van der Waals surface area contributed by atoms with E-state index in [1.54, 1.807) is 0 Å². The van der Waals surface area contributed by atoms with Gasteiger partial charge in [-0.3, -0.25) is 0 Å². The molecule has 0 atom stereocenters. The summed E-state index contributed by atoms with van der Waals surface area (Å²) in [4.78, 5) is 0. The van der Waals surface area contributed by atoms with Gasteiger partial charge in [0.05, 0.1) is 0 Å². The van der Waals surface area contributed by atoms with Gasteiger partial charge in [0, 0.05) is 35.2 Å². The lowest BCUT2D eigenvalue weighted by Gasteiger charge is -2.01. The average molecular weight is 253 g/mol. The van der Waals surface area contributed by atoms with E-state index in [0.29, 0.717) is 0 Å². The molecule has 0 spiro atoms. The first-order chi connectivity index (χ1) is 6.72. The average Bonchev–Trinajstić information content (AvgIpc) is 2.43. The summed E-state index contributed by atoms with van der Waals surface area (Å²) in [6.07, 6.45) is 2.09. The van der Waals surface area contributed by atoms with Crippen LogP contribution in [0.15, 0.2) is 28.9 Å². The Morgan fingerprint density at radius 3 is 2.93 bits per heavy atom. The van der Waals surface area contributed by atoms with E-state index >= 15 is 0 Å². The van der Waals surface area contributed by atoms with Gasteiger partial charge in [0.15, 0.2) is 0 Å². The minimum Gasteiger partial charge on any atom is -0.349 e. The highest BCUT2D eigenvalue weighted by atomic mass is 79.9. The van der Waals surface area contributed by atoms with Gasteiger partial charge in [-0.05, 0) is 34.6 Å². The van der Waals surface area contributed by atoms with Crippen molar-refractivity contribution in [2.24, 2.45) is 7.05 Å². The molecule has 0 saturated carbocycles. The highest BCUT2D eigenvalue weighted by Crippen LogP contribution is 2.26. The first kappa shape index (κ1) is 9.74. The number of benzene rings is 1. The number of aromatic nitrogens is 1. The van der Waals surface area contributed by atoms with Gasteiger partial charge in [-0.25, -0.2) is 0 Å². The van der Waals surface area contributed by atoms with E-state index in [2.05, 4.69) is 57.3 Å². The van der Waals surface area contributed by atoms with Gasteiger partial charge in [0.1, 0.15) is 0 Å². The number of aryl methyl sites for hydroxylation is 1. The molecule has 0 amide bonds. The first-order valence-electron chi connectivity index (χ1n) is 4.60. The van der Waals surface area contributed by atoms with Gasteiger partial charge in [-0.15, -0.1) is 0 Å². The maximum absolute atomic E-state index is 3.54. The molecule has 0 radical (unpaired) electrons. The van der Waals surface area contributed by atoms with Gasteiger partial charge in [-0.2, -0.15) is 0 Å². The van der Waals surface area contributed by atoms with Gasteiger partial charge in [0.25, 0.3) is 0 Å². The molecule has 0 aliphatic rings. The Labute approximate surface area is 92.0 Å². The molecule has 0 saturated heterocycles. The summed E-state index contributed by atoms with van der Waals surface area (Å²) >= 11 is 3.54. The number of rotatable bonds is 2. The molecule has 0 aliphatic carbocycles. The molecule has 74 valence electrons. The standard InChI is InChI=1S/C11H13BrN2/c1-13-6-8-3-4-9-10(12)7-14(2)11(9)5-8/h3-5,7,13H,6H2,1-2H3. The molecule has 1 aromatic heterocycles. The Hall–Kier alpha value is -0.800. The number of nitrogens with one attached hydrogen (secondary N) is 1. The molecule has 1 heterocycles. The Kier molecular flexibility index (Phi) is 2.61. The lowest BCUT2D eigenvalue weighted by Crippen LogP contribution is -2.04. The van der Waals surface area contributed by atoms with Crippen molar-refractivity contribution < 1.29 is 0 Å². The minimum atomic E-state index is 0.915. The minimum absolute atomic E-state index is 0.915. The fraction of sp³-hybridized carbons (Fsp3) is 0.273. The lowest BCUT2D eigenvalue weighted by atomic mass is 10.1. The number of halogens is 1. The number of hydrogen-bond donors (Lipinski definition) is 1.